The summed E-state index contributed by atoms with van der Waals surface area (Å²) >= 11 is 11.9. The summed E-state index contributed by atoms with van der Waals surface area (Å²) in [5, 5.41) is 7.48. The Balaban J connectivity index is 1.55. The van der Waals surface area contributed by atoms with Crippen molar-refractivity contribution in [1.29, 1.82) is 0 Å². The molecule has 0 aliphatic carbocycles. The number of rotatable bonds is 2. The van der Waals surface area contributed by atoms with Gasteiger partial charge in [0.25, 0.3) is 0 Å². The molecule has 3 fully saturated rings. The zero-order valence-corrected chi connectivity index (χ0v) is 11.8. The van der Waals surface area contributed by atoms with Crippen molar-refractivity contribution in [3.05, 3.63) is 33.8 Å². The third kappa shape index (κ3) is 2.81. The first-order chi connectivity index (χ1) is 9.11. The zero-order chi connectivity index (χ0) is 13.4. The molecule has 2 N–H and O–H groups in total. The highest BCUT2D eigenvalue weighted by Gasteiger charge is 2.38. The second-order valence-electron chi connectivity index (χ2n) is 5.10. The van der Waals surface area contributed by atoms with E-state index in [1.54, 1.807) is 12.1 Å². The summed E-state index contributed by atoms with van der Waals surface area (Å²) in [5.74, 6) is 0. The third-order valence-electron chi connectivity index (χ3n) is 3.65. The first-order valence-corrected chi connectivity index (χ1v) is 7.10. The van der Waals surface area contributed by atoms with Crippen molar-refractivity contribution in [3.8, 4) is 0 Å². The second kappa shape index (κ2) is 5.19. The molecule has 4 rings (SSSR count). The normalized spacial score (nSPS) is 24.8. The maximum atomic E-state index is 12.0. The van der Waals surface area contributed by atoms with Crippen LogP contribution in [0.5, 0.6) is 0 Å². The van der Waals surface area contributed by atoms with E-state index in [4.69, 9.17) is 23.2 Å². The van der Waals surface area contributed by atoms with Crippen LogP contribution in [0.1, 0.15) is 12.0 Å². The molecule has 2 unspecified atom stereocenters. The SMILES string of the molecule is O=C(NCc1ccc(Cl)cc1Cl)N1CC2CC(C1)N2. The van der Waals surface area contributed by atoms with Crippen LogP contribution in [0.4, 0.5) is 4.79 Å². The molecule has 3 aliphatic rings. The van der Waals surface area contributed by atoms with E-state index in [-0.39, 0.29) is 6.03 Å². The lowest BCUT2D eigenvalue weighted by Crippen LogP contribution is -2.68. The van der Waals surface area contributed by atoms with Gasteiger partial charge in [-0.25, -0.2) is 4.79 Å². The Morgan fingerprint density at radius 1 is 1.37 bits per heavy atom. The second-order valence-corrected chi connectivity index (χ2v) is 5.94. The molecule has 6 heteroatoms. The number of carbonyl (C=O) groups excluding carboxylic acids is 1. The van der Waals surface area contributed by atoms with Crippen LogP contribution in [0.15, 0.2) is 18.2 Å². The fourth-order valence-electron chi connectivity index (χ4n) is 2.63. The Kier molecular flexibility index (Phi) is 3.56. The maximum absolute atomic E-state index is 12.0. The van der Waals surface area contributed by atoms with Gasteiger partial charge in [-0.1, -0.05) is 29.3 Å². The average Bonchev–Trinajstić information content (AvgIpc) is 2.37. The van der Waals surface area contributed by atoms with Gasteiger partial charge in [0.05, 0.1) is 0 Å². The van der Waals surface area contributed by atoms with Crippen LogP contribution in [0.25, 0.3) is 0 Å². The van der Waals surface area contributed by atoms with Crippen LogP contribution in [0.3, 0.4) is 0 Å². The van der Waals surface area contributed by atoms with E-state index in [1.165, 1.54) is 6.42 Å². The minimum atomic E-state index is -0.0257. The molecule has 4 nitrogen and oxygen atoms in total. The lowest BCUT2D eigenvalue weighted by molar-refractivity contribution is 0.0958. The van der Waals surface area contributed by atoms with Crippen LogP contribution in [-0.4, -0.2) is 36.1 Å². The largest absolute Gasteiger partial charge is 0.334 e. The van der Waals surface area contributed by atoms with E-state index in [0.29, 0.717) is 28.7 Å². The van der Waals surface area contributed by atoms with Crippen molar-refractivity contribution in [2.45, 2.75) is 25.0 Å². The predicted molar refractivity (Wildman–Crippen MR) is 75.6 cm³/mol. The van der Waals surface area contributed by atoms with Gasteiger partial charge in [0.2, 0.25) is 0 Å². The third-order valence-corrected chi connectivity index (χ3v) is 4.24. The molecule has 2 amide bonds. The standard InChI is InChI=1S/C13H15Cl2N3O/c14-9-2-1-8(12(15)3-9)5-16-13(19)18-6-10-4-11(7-18)17-10/h1-3,10-11,17H,4-7H2,(H,16,19). The molecule has 0 radical (unpaired) electrons. The smallest absolute Gasteiger partial charge is 0.317 e. The first kappa shape index (κ1) is 13.0. The van der Waals surface area contributed by atoms with Crippen LogP contribution < -0.4 is 10.6 Å². The molecule has 2 bridgehead atoms. The minimum absolute atomic E-state index is 0.0257. The van der Waals surface area contributed by atoms with Crippen LogP contribution >= 0.6 is 23.2 Å². The summed E-state index contributed by atoms with van der Waals surface area (Å²) in [5.41, 5.74) is 0.875. The van der Waals surface area contributed by atoms with Gasteiger partial charge in [0.1, 0.15) is 0 Å². The molecule has 3 aliphatic heterocycles. The Morgan fingerprint density at radius 3 is 2.68 bits per heavy atom. The number of halogens is 2. The fraction of sp³-hybridized carbons (Fsp3) is 0.462. The molecule has 0 spiro atoms. The van der Waals surface area contributed by atoms with E-state index >= 15 is 0 Å². The number of piperidine rings is 1. The Labute approximate surface area is 122 Å². The number of nitrogens with zero attached hydrogens (tertiary/aromatic N) is 1. The average molecular weight is 300 g/mol. The molecule has 3 saturated heterocycles. The predicted octanol–water partition coefficient (Wildman–Crippen LogP) is 2.25. The first-order valence-electron chi connectivity index (χ1n) is 6.34. The molecular weight excluding hydrogens is 285 g/mol. The minimum Gasteiger partial charge on any atom is -0.334 e. The summed E-state index contributed by atoms with van der Waals surface area (Å²) in [4.78, 5) is 13.9. The van der Waals surface area contributed by atoms with Crippen LogP contribution in [0.2, 0.25) is 10.0 Å². The number of hydrogen-bond donors (Lipinski definition) is 2. The summed E-state index contributed by atoms with van der Waals surface area (Å²) in [6.07, 6.45) is 1.19. The Morgan fingerprint density at radius 2 is 2.05 bits per heavy atom. The van der Waals surface area contributed by atoms with E-state index in [9.17, 15) is 4.79 Å². The van der Waals surface area contributed by atoms with Crippen molar-refractivity contribution in [1.82, 2.24) is 15.5 Å². The van der Waals surface area contributed by atoms with E-state index in [2.05, 4.69) is 10.6 Å². The summed E-state index contributed by atoms with van der Waals surface area (Å²) in [6.45, 7) is 2.00. The quantitative estimate of drug-likeness (QED) is 0.880. The van der Waals surface area contributed by atoms with Gasteiger partial charge < -0.3 is 15.5 Å². The lowest BCUT2D eigenvalue weighted by atomic mass is 9.92. The van der Waals surface area contributed by atoms with Gasteiger partial charge in [0, 0.05) is 41.8 Å². The van der Waals surface area contributed by atoms with Gasteiger partial charge in [-0.15, -0.1) is 0 Å². The van der Waals surface area contributed by atoms with Crippen LogP contribution in [-0.2, 0) is 6.54 Å². The van der Waals surface area contributed by atoms with Crippen molar-refractivity contribution >= 4 is 29.2 Å². The molecule has 102 valence electrons. The summed E-state index contributed by atoms with van der Waals surface area (Å²) in [7, 11) is 0. The topological polar surface area (TPSA) is 44.4 Å². The van der Waals surface area contributed by atoms with Gasteiger partial charge in [-0.3, -0.25) is 0 Å². The highest BCUT2D eigenvalue weighted by Crippen LogP contribution is 2.22. The van der Waals surface area contributed by atoms with Gasteiger partial charge in [-0.05, 0) is 24.1 Å². The van der Waals surface area contributed by atoms with E-state index in [0.717, 1.165) is 18.7 Å². The Hall–Kier alpha value is -0.970. The van der Waals surface area contributed by atoms with Gasteiger partial charge in [-0.2, -0.15) is 0 Å². The maximum Gasteiger partial charge on any atom is 0.317 e. The summed E-state index contributed by atoms with van der Waals surface area (Å²) < 4.78 is 0. The van der Waals surface area contributed by atoms with Crippen molar-refractivity contribution in [2.24, 2.45) is 0 Å². The fourth-order valence-corrected chi connectivity index (χ4v) is 3.10. The van der Waals surface area contributed by atoms with Crippen molar-refractivity contribution in [3.63, 3.8) is 0 Å². The number of urea groups is 1. The number of carbonyl (C=O) groups is 1. The lowest BCUT2D eigenvalue weighted by Gasteiger charge is -2.48. The number of nitrogens with one attached hydrogen (secondary N) is 2. The molecule has 2 atom stereocenters. The monoisotopic (exact) mass is 299 g/mol. The molecule has 1 aromatic carbocycles. The highest BCUT2D eigenvalue weighted by molar-refractivity contribution is 6.35. The number of fused-ring (bicyclic) bond motifs is 2. The molecule has 1 aromatic rings. The van der Waals surface area contributed by atoms with Gasteiger partial charge >= 0.3 is 6.03 Å². The van der Waals surface area contributed by atoms with Crippen molar-refractivity contribution in [2.75, 3.05) is 13.1 Å². The van der Waals surface area contributed by atoms with Crippen LogP contribution in [0, 0.1) is 0 Å². The number of benzene rings is 1. The van der Waals surface area contributed by atoms with Gasteiger partial charge in [0.15, 0.2) is 0 Å². The Bertz CT molecular complexity index is 493. The number of amides is 2. The molecular formula is C13H15Cl2N3O. The molecule has 0 saturated carbocycles. The van der Waals surface area contributed by atoms with Crippen molar-refractivity contribution < 1.29 is 4.79 Å². The molecule has 0 aromatic heterocycles. The number of hydrogen-bond acceptors (Lipinski definition) is 2. The molecule has 19 heavy (non-hydrogen) atoms. The zero-order valence-electron chi connectivity index (χ0n) is 10.3. The van der Waals surface area contributed by atoms with E-state index < -0.39 is 0 Å². The molecule has 3 heterocycles. The van der Waals surface area contributed by atoms with E-state index in [1.807, 2.05) is 11.0 Å². The number of piperazine rings is 1. The highest BCUT2D eigenvalue weighted by atomic mass is 35.5. The summed E-state index contributed by atoms with van der Waals surface area (Å²) in [6, 6.07) is 6.22.